The van der Waals surface area contributed by atoms with Gasteiger partial charge in [0.05, 0.1) is 12.6 Å². The molecule has 20 heavy (non-hydrogen) atoms. The normalized spacial score (nSPS) is 22.6. The van der Waals surface area contributed by atoms with Crippen molar-refractivity contribution < 1.29 is 9.90 Å². The molecule has 1 aromatic carbocycles. The van der Waals surface area contributed by atoms with Gasteiger partial charge < -0.3 is 20.7 Å². The Labute approximate surface area is 117 Å². The van der Waals surface area contributed by atoms with Crippen molar-refractivity contribution in [1.82, 2.24) is 9.88 Å². The molecule has 1 saturated heterocycles. The van der Waals surface area contributed by atoms with Gasteiger partial charge in [-0.1, -0.05) is 6.92 Å². The number of rotatable bonds is 2. The molecular formula is C15H19N3O2. The van der Waals surface area contributed by atoms with Crippen molar-refractivity contribution in [2.75, 3.05) is 18.9 Å². The number of nitrogen functional groups attached to an aromatic ring is 1. The number of nitrogens with zero attached hydrogens (tertiary/aromatic N) is 1. The fourth-order valence-corrected chi connectivity index (χ4v) is 2.96. The van der Waals surface area contributed by atoms with Crippen LogP contribution in [0.25, 0.3) is 10.9 Å². The largest absolute Gasteiger partial charge is 0.399 e. The number of fused-ring (bicyclic) bond motifs is 1. The number of H-pyrrole nitrogens is 1. The Hall–Kier alpha value is -2.01. The predicted molar refractivity (Wildman–Crippen MR) is 78.4 cm³/mol. The number of nitrogens with one attached hydrogen (secondary N) is 1. The van der Waals surface area contributed by atoms with Gasteiger partial charge in [-0.25, -0.2) is 0 Å². The number of hydrogen-bond donors (Lipinski definition) is 3. The van der Waals surface area contributed by atoms with E-state index in [0.717, 1.165) is 17.3 Å². The van der Waals surface area contributed by atoms with E-state index in [1.807, 2.05) is 24.3 Å². The van der Waals surface area contributed by atoms with E-state index in [9.17, 15) is 9.90 Å². The Morgan fingerprint density at radius 1 is 1.50 bits per heavy atom. The van der Waals surface area contributed by atoms with Crippen LogP contribution in [0, 0.1) is 5.92 Å². The minimum atomic E-state index is -0.0843. The van der Waals surface area contributed by atoms with E-state index in [1.54, 1.807) is 4.90 Å². The van der Waals surface area contributed by atoms with Crippen LogP contribution in [0.3, 0.4) is 0 Å². The summed E-state index contributed by atoms with van der Waals surface area (Å²) in [5.41, 5.74) is 7.88. The van der Waals surface area contributed by atoms with Gasteiger partial charge in [-0.05, 0) is 36.6 Å². The fourth-order valence-electron chi connectivity index (χ4n) is 2.96. The zero-order valence-electron chi connectivity index (χ0n) is 11.5. The highest BCUT2D eigenvalue weighted by Gasteiger charge is 2.34. The van der Waals surface area contributed by atoms with Crippen molar-refractivity contribution in [3.05, 3.63) is 30.0 Å². The molecule has 1 aliphatic heterocycles. The van der Waals surface area contributed by atoms with E-state index in [-0.39, 0.29) is 18.6 Å². The van der Waals surface area contributed by atoms with Crippen LogP contribution in [0.2, 0.25) is 0 Å². The molecule has 0 radical (unpaired) electrons. The highest BCUT2D eigenvalue weighted by molar-refractivity contribution is 5.98. The summed E-state index contributed by atoms with van der Waals surface area (Å²) in [5, 5.41) is 10.4. The Morgan fingerprint density at radius 3 is 3.05 bits per heavy atom. The second-order valence-electron chi connectivity index (χ2n) is 5.54. The summed E-state index contributed by atoms with van der Waals surface area (Å²) < 4.78 is 0. The molecule has 0 spiro atoms. The smallest absolute Gasteiger partial charge is 0.270 e. The van der Waals surface area contributed by atoms with E-state index < -0.39 is 0 Å². The van der Waals surface area contributed by atoms with Gasteiger partial charge in [0.15, 0.2) is 0 Å². The molecule has 0 saturated carbocycles. The molecule has 2 unspecified atom stereocenters. The van der Waals surface area contributed by atoms with Crippen LogP contribution >= 0.6 is 0 Å². The quantitative estimate of drug-likeness (QED) is 0.727. The first-order chi connectivity index (χ1) is 9.60. The Kier molecular flexibility index (Phi) is 3.14. The zero-order valence-corrected chi connectivity index (χ0v) is 11.5. The molecule has 1 aliphatic rings. The molecule has 4 N–H and O–H groups in total. The zero-order chi connectivity index (χ0) is 14.3. The number of amides is 1. The fraction of sp³-hybridized carbons (Fsp3) is 0.400. The van der Waals surface area contributed by atoms with Crippen LogP contribution in [0.1, 0.15) is 23.8 Å². The van der Waals surface area contributed by atoms with Gasteiger partial charge in [0.25, 0.3) is 5.91 Å². The molecule has 1 aromatic heterocycles. The lowest BCUT2D eigenvalue weighted by Gasteiger charge is -2.24. The van der Waals surface area contributed by atoms with Gasteiger partial charge in [0.1, 0.15) is 5.69 Å². The lowest BCUT2D eigenvalue weighted by molar-refractivity contribution is 0.0643. The van der Waals surface area contributed by atoms with E-state index in [0.29, 0.717) is 23.8 Å². The van der Waals surface area contributed by atoms with Crippen molar-refractivity contribution >= 4 is 22.5 Å². The van der Waals surface area contributed by atoms with E-state index in [2.05, 4.69) is 11.9 Å². The molecule has 106 valence electrons. The first-order valence-electron chi connectivity index (χ1n) is 6.90. The second-order valence-corrected chi connectivity index (χ2v) is 5.54. The summed E-state index contributed by atoms with van der Waals surface area (Å²) in [6.45, 7) is 2.78. The Bertz CT molecular complexity index is 650. The minimum absolute atomic E-state index is 0.0140. The number of aromatic amines is 1. The number of aromatic nitrogens is 1. The second kappa shape index (κ2) is 4.83. The standard InChI is InChI=1S/C15H19N3O2/c1-9-4-5-18(14(9)8-19)15(20)13-7-10-6-11(16)2-3-12(10)17-13/h2-3,6-7,9,14,17,19H,4-5,8,16H2,1H3. The summed E-state index contributed by atoms with van der Waals surface area (Å²) in [4.78, 5) is 17.5. The molecular weight excluding hydrogens is 254 g/mol. The lowest BCUT2D eigenvalue weighted by Crippen LogP contribution is -2.39. The number of benzene rings is 1. The van der Waals surface area contributed by atoms with Crippen LogP contribution < -0.4 is 5.73 Å². The topological polar surface area (TPSA) is 82.3 Å². The SMILES string of the molecule is CC1CCN(C(=O)c2cc3cc(N)ccc3[nH]2)C1CO. The van der Waals surface area contributed by atoms with Gasteiger partial charge in [-0.15, -0.1) is 0 Å². The molecule has 1 amide bonds. The first kappa shape index (κ1) is 13.0. The summed E-state index contributed by atoms with van der Waals surface area (Å²) >= 11 is 0. The van der Waals surface area contributed by atoms with Crippen LogP contribution in [0.5, 0.6) is 0 Å². The van der Waals surface area contributed by atoms with Gasteiger partial charge >= 0.3 is 0 Å². The van der Waals surface area contributed by atoms with E-state index in [1.165, 1.54) is 0 Å². The Morgan fingerprint density at radius 2 is 2.30 bits per heavy atom. The average molecular weight is 273 g/mol. The summed E-state index contributed by atoms with van der Waals surface area (Å²) in [5.74, 6) is 0.284. The number of carbonyl (C=O) groups excluding carboxylic acids is 1. The van der Waals surface area contributed by atoms with Gasteiger partial charge in [0.2, 0.25) is 0 Å². The van der Waals surface area contributed by atoms with Gasteiger partial charge in [-0.2, -0.15) is 0 Å². The van der Waals surface area contributed by atoms with Gasteiger partial charge in [-0.3, -0.25) is 4.79 Å². The highest BCUT2D eigenvalue weighted by Crippen LogP contribution is 2.26. The maximum Gasteiger partial charge on any atom is 0.270 e. The number of nitrogens with two attached hydrogens (primary N) is 1. The average Bonchev–Trinajstić information content (AvgIpc) is 3.00. The number of anilines is 1. The van der Waals surface area contributed by atoms with Crippen LogP contribution in [-0.4, -0.2) is 40.1 Å². The third kappa shape index (κ3) is 2.04. The van der Waals surface area contributed by atoms with Crippen molar-refractivity contribution in [2.24, 2.45) is 5.92 Å². The van der Waals surface area contributed by atoms with Crippen molar-refractivity contribution in [3.8, 4) is 0 Å². The molecule has 1 fully saturated rings. The monoisotopic (exact) mass is 273 g/mol. The van der Waals surface area contributed by atoms with Crippen molar-refractivity contribution in [3.63, 3.8) is 0 Å². The van der Waals surface area contributed by atoms with E-state index >= 15 is 0 Å². The number of aliphatic hydroxyl groups excluding tert-OH is 1. The molecule has 3 rings (SSSR count). The molecule has 5 nitrogen and oxygen atoms in total. The van der Waals surface area contributed by atoms with Crippen LogP contribution in [-0.2, 0) is 0 Å². The molecule has 2 atom stereocenters. The van der Waals surface area contributed by atoms with Crippen LogP contribution in [0.4, 0.5) is 5.69 Å². The summed E-state index contributed by atoms with van der Waals surface area (Å²) in [7, 11) is 0. The van der Waals surface area contributed by atoms with Crippen molar-refractivity contribution in [2.45, 2.75) is 19.4 Å². The molecule has 2 heterocycles. The van der Waals surface area contributed by atoms with Gasteiger partial charge in [0, 0.05) is 23.1 Å². The van der Waals surface area contributed by atoms with Crippen LogP contribution in [0.15, 0.2) is 24.3 Å². The van der Waals surface area contributed by atoms with Crippen molar-refractivity contribution in [1.29, 1.82) is 0 Å². The minimum Gasteiger partial charge on any atom is -0.399 e. The number of aliphatic hydroxyl groups is 1. The molecule has 5 heteroatoms. The summed E-state index contributed by atoms with van der Waals surface area (Å²) in [6.07, 6.45) is 0.935. The number of carbonyl (C=O) groups is 1. The first-order valence-corrected chi connectivity index (χ1v) is 6.90. The molecule has 2 aromatic rings. The lowest BCUT2D eigenvalue weighted by atomic mass is 10.0. The number of likely N-dealkylation sites (tertiary alicyclic amines) is 1. The molecule has 0 bridgehead atoms. The Balaban J connectivity index is 1.92. The third-order valence-electron chi connectivity index (χ3n) is 4.21. The highest BCUT2D eigenvalue weighted by atomic mass is 16.3. The number of hydrogen-bond acceptors (Lipinski definition) is 3. The molecule has 0 aliphatic carbocycles. The summed E-state index contributed by atoms with van der Waals surface area (Å²) in [6, 6.07) is 7.27. The predicted octanol–water partition coefficient (Wildman–Crippen LogP) is 1.59. The maximum atomic E-state index is 12.6. The maximum absolute atomic E-state index is 12.6. The van der Waals surface area contributed by atoms with E-state index in [4.69, 9.17) is 5.73 Å². The third-order valence-corrected chi connectivity index (χ3v) is 4.21.